The van der Waals surface area contributed by atoms with E-state index in [1.807, 2.05) is 31.4 Å². The highest BCUT2D eigenvalue weighted by Crippen LogP contribution is 2.46. The van der Waals surface area contributed by atoms with Crippen LogP contribution in [0.4, 0.5) is 9.18 Å². The maximum absolute atomic E-state index is 13.7. The number of amides is 3. The number of carbonyl (C=O) groups is 3. The number of hydrogen-bond acceptors (Lipinski definition) is 6. The summed E-state index contributed by atoms with van der Waals surface area (Å²) < 4.78 is 20.8. The smallest absolute Gasteiger partial charge is 0.418 e. The van der Waals surface area contributed by atoms with Gasteiger partial charge in [-0.2, -0.15) is 5.10 Å². The van der Waals surface area contributed by atoms with Gasteiger partial charge in [0.2, 0.25) is 11.5 Å². The first-order valence-electron chi connectivity index (χ1n) is 12.7. The molecule has 38 heavy (non-hydrogen) atoms. The molecule has 1 spiro atoms. The zero-order chi connectivity index (χ0) is 26.6. The SMILES string of the molecule is Cn1cc(-c2ccc3c(c2)CC[C@@]32OC(=O)N(CC(=O)N(Cc3ccc(F)cc3)C3CC(N)C3)C2=O)cn1. The number of halogens is 1. The van der Waals surface area contributed by atoms with Gasteiger partial charge in [0.05, 0.1) is 6.20 Å². The van der Waals surface area contributed by atoms with E-state index < -0.39 is 24.1 Å². The number of nitrogens with zero attached hydrogens (tertiary/aromatic N) is 4. The highest BCUT2D eigenvalue weighted by Gasteiger charge is 2.58. The number of nitrogens with two attached hydrogens (primary N) is 1. The summed E-state index contributed by atoms with van der Waals surface area (Å²) in [4.78, 5) is 42.6. The largest absolute Gasteiger partial charge is 0.427 e. The summed E-state index contributed by atoms with van der Waals surface area (Å²) in [6, 6.07) is 11.5. The molecule has 3 aliphatic rings. The van der Waals surface area contributed by atoms with Gasteiger partial charge in [-0.3, -0.25) is 14.3 Å². The van der Waals surface area contributed by atoms with Crippen molar-refractivity contribution in [3.8, 4) is 11.1 Å². The van der Waals surface area contributed by atoms with Crippen molar-refractivity contribution >= 4 is 17.9 Å². The van der Waals surface area contributed by atoms with Gasteiger partial charge in [-0.25, -0.2) is 14.1 Å². The molecule has 1 saturated carbocycles. The standard InChI is InChI=1S/C28H28FN5O4/c1-32-15-20(13-31-32)18-4-7-24-19(10-18)8-9-28(24)26(36)34(27(37)38-28)16-25(35)33(23-11-22(30)12-23)14-17-2-5-21(29)6-3-17/h2-7,10,13,15,22-23H,8-9,11-12,14,16,30H2,1H3/t22?,23?,28-/m1/s1. The predicted molar refractivity (Wildman–Crippen MR) is 135 cm³/mol. The number of hydrogen-bond donors (Lipinski definition) is 1. The minimum absolute atomic E-state index is 0.00304. The molecule has 0 radical (unpaired) electrons. The van der Waals surface area contributed by atoms with E-state index in [9.17, 15) is 18.8 Å². The Kier molecular flexibility index (Phi) is 5.79. The lowest BCUT2D eigenvalue weighted by Crippen LogP contribution is -2.55. The molecule has 196 valence electrons. The van der Waals surface area contributed by atoms with Crippen LogP contribution in [0.2, 0.25) is 0 Å². The van der Waals surface area contributed by atoms with Gasteiger partial charge in [0, 0.05) is 49.4 Å². The molecule has 3 amide bonds. The Morgan fingerprint density at radius 3 is 2.63 bits per heavy atom. The lowest BCUT2D eigenvalue weighted by molar-refractivity contribution is -0.144. The molecule has 2 aliphatic carbocycles. The quantitative estimate of drug-likeness (QED) is 0.538. The van der Waals surface area contributed by atoms with Crippen LogP contribution in [0.25, 0.3) is 11.1 Å². The topological polar surface area (TPSA) is 111 Å². The Labute approximate surface area is 219 Å². The van der Waals surface area contributed by atoms with E-state index in [0.717, 1.165) is 27.2 Å². The third-order valence-electron chi connectivity index (χ3n) is 7.87. The number of aryl methyl sites for hydroxylation is 2. The molecular weight excluding hydrogens is 489 g/mol. The predicted octanol–water partition coefficient (Wildman–Crippen LogP) is 2.87. The lowest BCUT2D eigenvalue weighted by atomic mass is 9.86. The zero-order valence-electron chi connectivity index (χ0n) is 21.0. The summed E-state index contributed by atoms with van der Waals surface area (Å²) >= 11 is 0. The Hall–Kier alpha value is -4.05. The summed E-state index contributed by atoms with van der Waals surface area (Å²) in [5, 5.41) is 4.22. The highest BCUT2D eigenvalue weighted by atomic mass is 19.1. The van der Waals surface area contributed by atoms with Crippen LogP contribution in [0.15, 0.2) is 54.9 Å². The van der Waals surface area contributed by atoms with Crippen LogP contribution in [0.5, 0.6) is 0 Å². The van der Waals surface area contributed by atoms with Crippen LogP contribution in [0.3, 0.4) is 0 Å². The van der Waals surface area contributed by atoms with E-state index >= 15 is 0 Å². The van der Waals surface area contributed by atoms with Crippen molar-refractivity contribution < 1.29 is 23.5 Å². The van der Waals surface area contributed by atoms with E-state index in [2.05, 4.69) is 5.10 Å². The highest BCUT2D eigenvalue weighted by molar-refractivity contribution is 6.06. The Balaban J connectivity index is 1.22. The van der Waals surface area contributed by atoms with Crippen molar-refractivity contribution in [2.45, 2.75) is 49.9 Å². The minimum Gasteiger partial charge on any atom is -0.427 e. The van der Waals surface area contributed by atoms with E-state index in [1.54, 1.807) is 27.9 Å². The average Bonchev–Trinajstić information content (AvgIpc) is 3.54. The molecule has 9 nitrogen and oxygen atoms in total. The summed E-state index contributed by atoms with van der Waals surface area (Å²) in [6.07, 6.45) is 5.01. The van der Waals surface area contributed by atoms with E-state index in [1.165, 1.54) is 12.1 Å². The first kappa shape index (κ1) is 24.3. The van der Waals surface area contributed by atoms with Crippen LogP contribution < -0.4 is 5.73 Å². The summed E-state index contributed by atoms with van der Waals surface area (Å²) in [7, 11) is 1.85. The fraction of sp³-hybridized carbons (Fsp3) is 0.357. The first-order chi connectivity index (χ1) is 18.2. The molecule has 1 aliphatic heterocycles. The summed E-state index contributed by atoms with van der Waals surface area (Å²) in [5.74, 6) is -1.26. The van der Waals surface area contributed by atoms with Crippen LogP contribution in [-0.2, 0) is 39.9 Å². The van der Waals surface area contributed by atoms with Gasteiger partial charge in [-0.05, 0) is 48.1 Å². The van der Waals surface area contributed by atoms with E-state index in [4.69, 9.17) is 10.5 Å². The molecule has 2 N–H and O–H groups in total. The molecule has 2 aromatic carbocycles. The van der Waals surface area contributed by atoms with Gasteiger partial charge < -0.3 is 15.4 Å². The van der Waals surface area contributed by atoms with Crippen molar-refractivity contribution in [2.75, 3.05) is 6.54 Å². The number of aromatic nitrogens is 2. The molecule has 0 bridgehead atoms. The van der Waals surface area contributed by atoms with Crippen LogP contribution in [-0.4, -0.2) is 56.1 Å². The van der Waals surface area contributed by atoms with Crippen molar-refractivity contribution in [3.63, 3.8) is 0 Å². The molecule has 1 aromatic heterocycles. The van der Waals surface area contributed by atoms with Gasteiger partial charge >= 0.3 is 6.09 Å². The van der Waals surface area contributed by atoms with Crippen molar-refractivity contribution in [1.29, 1.82) is 0 Å². The van der Waals surface area contributed by atoms with Crippen LogP contribution >= 0.6 is 0 Å². The van der Waals surface area contributed by atoms with Crippen LogP contribution in [0.1, 0.15) is 36.0 Å². The second-order valence-electron chi connectivity index (χ2n) is 10.4. The van der Waals surface area contributed by atoms with Gasteiger partial charge in [0.1, 0.15) is 12.4 Å². The van der Waals surface area contributed by atoms with Crippen molar-refractivity contribution in [1.82, 2.24) is 19.6 Å². The summed E-state index contributed by atoms with van der Waals surface area (Å²) in [6.45, 7) is -0.186. The molecule has 6 rings (SSSR count). The number of ether oxygens (including phenoxy) is 1. The number of carbonyl (C=O) groups excluding carboxylic acids is 3. The van der Waals surface area contributed by atoms with Gasteiger partial charge in [-0.15, -0.1) is 0 Å². The normalized spacial score (nSPS) is 23.9. The molecule has 1 atom stereocenters. The van der Waals surface area contributed by atoms with Crippen molar-refractivity contribution in [3.05, 3.63) is 77.4 Å². The Morgan fingerprint density at radius 1 is 1.18 bits per heavy atom. The first-order valence-corrected chi connectivity index (χ1v) is 12.7. The molecule has 2 heterocycles. The number of imide groups is 1. The monoisotopic (exact) mass is 517 g/mol. The number of rotatable bonds is 6. The molecule has 10 heteroatoms. The maximum Gasteiger partial charge on any atom is 0.418 e. The minimum atomic E-state index is -1.42. The van der Waals surface area contributed by atoms with E-state index in [-0.39, 0.29) is 30.4 Å². The fourth-order valence-electron chi connectivity index (χ4n) is 5.72. The Morgan fingerprint density at radius 2 is 1.95 bits per heavy atom. The Bertz CT molecular complexity index is 1430. The second-order valence-corrected chi connectivity index (χ2v) is 10.4. The average molecular weight is 518 g/mol. The van der Waals surface area contributed by atoms with E-state index in [0.29, 0.717) is 31.2 Å². The molecule has 3 aromatic rings. The van der Waals surface area contributed by atoms with Crippen LogP contribution in [0, 0.1) is 5.82 Å². The molecule has 2 fully saturated rings. The zero-order valence-corrected chi connectivity index (χ0v) is 21.0. The summed E-state index contributed by atoms with van der Waals surface area (Å²) in [5.41, 5.74) is 8.82. The fourth-order valence-corrected chi connectivity index (χ4v) is 5.72. The van der Waals surface area contributed by atoms with Gasteiger partial charge in [0.15, 0.2) is 0 Å². The number of benzene rings is 2. The third kappa shape index (κ3) is 4.05. The van der Waals surface area contributed by atoms with Gasteiger partial charge in [0.25, 0.3) is 5.91 Å². The molecule has 0 unspecified atom stereocenters. The molecule has 1 saturated heterocycles. The van der Waals surface area contributed by atoms with Crippen molar-refractivity contribution in [2.24, 2.45) is 12.8 Å². The molecular formula is C28H28FN5O4. The lowest BCUT2D eigenvalue weighted by Gasteiger charge is -2.41. The number of fused-ring (bicyclic) bond motifs is 2. The van der Waals surface area contributed by atoms with Gasteiger partial charge in [-0.1, -0.05) is 30.3 Å². The second kappa shape index (κ2) is 9.05. The third-order valence-corrected chi connectivity index (χ3v) is 7.87. The maximum atomic E-state index is 13.7.